The third-order valence-corrected chi connectivity index (χ3v) is 4.75. The number of benzene rings is 1. The summed E-state index contributed by atoms with van der Waals surface area (Å²) < 4.78 is 0. The van der Waals surface area contributed by atoms with Crippen LogP contribution in [0.15, 0.2) is 30.3 Å². The fourth-order valence-electron chi connectivity index (χ4n) is 2.41. The van der Waals surface area contributed by atoms with E-state index in [0.29, 0.717) is 5.25 Å². The van der Waals surface area contributed by atoms with Gasteiger partial charge in [0, 0.05) is 24.1 Å². The monoisotopic (exact) mass is 264 g/mol. The summed E-state index contributed by atoms with van der Waals surface area (Å²) in [5.41, 5.74) is 6.61. The zero-order valence-corrected chi connectivity index (χ0v) is 11.5. The molecule has 0 unspecified atom stereocenters. The Bertz CT molecular complexity index is 396. The Morgan fingerprint density at radius 2 is 2.22 bits per heavy atom. The summed E-state index contributed by atoms with van der Waals surface area (Å²) in [6, 6.07) is 9.57. The van der Waals surface area contributed by atoms with Gasteiger partial charge in [0.15, 0.2) is 0 Å². The van der Waals surface area contributed by atoms with Crippen LogP contribution in [0, 0.1) is 0 Å². The normalized spacial score (nSPS) is 22.6. The van der Waals surface area contributed by atoms with Crippen LogP contribution >= 0.6 is 11.8 Å². The maximum Gasteiger partial charge on any atom is 0.239 e. The standard InChI is InChI=1S/C14H20N2OS/c1-2-12-10-16(8-9-18-12)13(14(15)17)11-6-4-3-5-7-11/h3-7,12-13H,2,8-10H2,1H3,(H2,15,17)/t12-,13+/m1/s1. The molecule has 18 heavy (non-hydrogen) atoms. The van der Waals surface area contributed by atoms with Crippen LogP contribution in [-0.4, -0.2) is 34.9 Å². The lowest BCUT2D eigenvalue weighted by Crippen LogP contribution is -2.45. The molecule has 1 amide bonds. The molecule has 1 fully saturated rings. The minimum Gasteiger partial charge on any atom is -0.368 e. The van der Waals surface area contributed by atoms with Gasteiger partial charge in [-0.3, -0.25) is 9.69 Å². The number of amides is 1. The maximum atomic E-state index is 11.8. The average Bonchev–Trinajstić information content (AvgIpc) is 2.40. The second-order valence-corrected chi connectivity index (χ2v) is 6.02. The fraction of sp³-hybridized carbons (Fsp3) is 0.500. The van der Waals surface area contributed by atoms with Crippen molar-refractivity contribution < 1.29 is 4.79 Å². The number of primary amides is 1. The third kappa shape index (κ3) is 3.06. The van der Waals surface area contributed by atoms with E-state index in [9.17, 15) is 4.79 Å². The number of nitrogens with two attached hydrogens (primary N) is 1. The highest BCUT2D eigenvalue weighted by atomic mass is 32.2. The number of carbonyl (C=O) groups excluding carboxylic acids is 1. The van der Waals surface area contributed by atoms with Gasteiger partial charge in [-0.15, -0.1) is 0 Å². The predicted molar refractivity (Wildman–Crippen MR) is 76.5 cm³/mol. The molecule has 0 bridgehead atoms. The molecule has 1 saturated heterocycles. The van der Waals surface area contributed by atoms with Crippen LogP contribution < -0.4 is 5.73 Å². The molecule has 3 nitrogen and oxygen atoms in total. The molecule has 2 rings (SSSR count). The van der Waals surface area contributed by atoms with Crippen molar-refractivity contribution in [1.82, 2.24) is 4.90 Å². The number of nitrogens with zero attached hydrogens (tertiary/aromatic N) is 1. The van der Waals surface area contributed by atoms with Crippen molar-refractivity contribution in [3.63, 3.8) is 0 Å². The SMILES string of the molecule is CC[C@@H]1CN([C@H](C(N)=O)c2ccccc2)CCS1. The molecule has 4 heteroatoms. The topological polar surface area (TPSA) is 46.3 Å². The molecular weight excluding hydrogens is 244 g/mol. The maximum absolute atomic E-state index is 11.8. The number of thioether (sulfide) groups is 1. The van der Waals surface area contributed by atoms with Gasteiger partial charge in [0.25, 0.3) is 0 Å². The Kier molecular flexibility index (Phi) is 4.66. The molecule has 98 valence electrons. The van der Waals surface area contributed by atoms with E-state index in [1.165, 1.54) is 0 Å². The summed E-state index contributed by atoms with van der Waals surface area (Å²) in [6.07, 6.45) is 1.14. The molecule has 1 aromatic carbocycles. The van der Waals surface area contributed by atoms with Gasteiger partial charge in [-0.1, -0.05) is 37.3 Å². The molecule has 0 aromatic heterocycles. The van der Waals surface area contributed by atoms with E-state index in [1.807, 2.05) is 42.1 Å². The molecular formula is C14H20N2OS. The van der Waals surface area contributed by atoms with Crippen LogP contribution in [0.4, 0.5) is 0 Å². The molecule has 0 aliphatic carbocycles. The van der Waals surface area contributed by atoms with Gasteiger partial charge in [0.05, 0.1) is 0 Å². The van der Waals surface area contributed by atoms with Gasteiger partial charge in [-0.05, 0) is 12.0 Å². The highest BCUT2D eigenvalue weighted by Gasteiger charge is 2.29. The van der Waals surface area contributed by atoms with Crippen LogP contribution in [-0.2, 0) is 4.79 Å². The molecule has 1 aliphatic heterocycles. The van der Waals surface area contributed by atoms with E-state index >= 15 is 0 Å². The molecule has 2 N–H and O–H groups in total. The van der Waals surface area contributed by atoms with E-state index < -0.39 is 0 Å². The summed E-state index contributed by atoms with van der Waals surface area (Å²) >= 11 is 2.00. The van der Waals surface area contributed by atoms with E-state index in [1.54, 1.807) is 0 Å². The Labute approximate surface area is 113 Å². The van der Waals surface area contributed by atoms with Gasteiger partial charge >= 0.3 is 0 Å². The average molecular weight is 264 g/mol. The van der Waals surface area contributed by atoms with E-state index in [-0.39, 0.29) is 11.9 Å². The van der Waals surface area contributed by atoms with E-state index in [2.05, 4.69) is 11.8 Å². The molecule has 1 heterocycles. The number of rotatable bonds is 4. The zero-order chi connectivity index (χ0) is 13.0. The first kappa shape index (κ1) is 13.4. The molecule has 0 spiro atoms. The van der Waals surface area contributed by atoms with Crippen molar-refractivity contribution in [3.8, 4) is 0 Å². The Balaban J connectivity index is 2.18. The molecule has 1 aromatic rings. The summed E-state index contributed by atoms with van der Waals surface area (Å²) in [6.45, 7) is 4.08. The first-order chi connectivity index (χ1) is 8.72. The summed E-state index contributed by atoms with van der Waals surface area (Å²) in [7, 11) is 0. The van der Waals surface area contributed by atoms with Crippen molar-refractivity contribution in [3.05, 3.63) is 35.9 Å². The second kappa shape index (κ2) is 6.25. The highest BCUT2D eigenvalue weighted by molar-refractivity contribution is 8.00. The minimum absolute atomic E-state index is 0.247. The van der Waals surface area contributed by atoms with Gasteiger partial charge < -0.3 is 5.73 Å². The predicted octanol–water partition coefficient (Wildman–Crippen LogP) is 2.04. The van der Waals surface area contributed by atoms with Crippen molar-refractivity contribution in [2.75, 3.05) is 18.8 Å². The summed E-state index contributed by atoms with van der Waals surface area (Å²) in [4.78, 5) is 14.0. The molecule has 2 atom stereocenters. The van der Waals surface area contributed by atoms with Crippen molar-refractivity contribution >= 4 is 17.7 Å². The lowest BCUT2D eigenvalue weighted by atomic mass is 10.0. The van der Waals surface area contributed by atoms with E-state index in [0.717, 1.165) is 30.8 Å². The van der Waals surface area contributed by atoms with Crippen LogP contribution in [0.3, 0.4) is 0 Å². The first-order valence-electron chi connectivity index (χ1n) is 6.42. The smallest absolute Gasteiger partial charge is 0.239 e. The van der Waals surface area contributed by atoms with Gasteiger partial charge in [-0.25, -0.2) is 0 Å². The number of hydrogen-bond donors (Lipinski definition) is 1. The summed E-state index contributed by atoms with van der Waals surface area (Å²) in [5, 5.41) is 0.615. The molecule has 0 radical (unpaired) electrons. The minimum atomic E-state index is -0.277. The van der Waals surface area contributed by atoms with Gasteiger partial charge in [0.2, 0.25) is 5.91 Å². The Morgan fingerprint density at radius 1 is 1.50 bits per heavy atom. The van der Waals surface area contributed by atoms with Crippen LogP contribution in [0.2, 0.25) is 0 Å². The fourth-order valence-corrected chi connectivity index (χ4v) is 3.62. The largest absolute Gasteiger partial charge is 0.368 e. The van der Waals surface area contributed by atoms with Crippen LogP contribution in [0.1, 0.15) is 24.9 Å². The summed E-state index contributed by atoms with van der Waals surface area (Å²) in [5.74, 6) is 0.831. The lowest BCUT2D eigenvalue weighted by Gasteiger charge is -2.36. The third-order valence-electron chi connectivity index (χ3n) is 3.38. The Hall–Kier alpha value is -1.00. The molecule has 1 aliphatic rings. The second-order valence-electron chi connectivity index (χ2n) is 4.61. The Morgan fingerprint density at radius 3 is 2.83 bits per heavy atom. The van der Waals surface area contributed by atoms with E-state index in [4.69, 9.17) is 5.73 Å². The van der Waals surface area contributed by atoms with Crippen molar-refractivity contribution in [2.24, 2.45) is 5.73 Å². The van der Waals surface area contributed by atoms with Crippen molar-refractivity contribution in [1.29, 1.82) is 0 Å². The number of hydrogen-bond acceptors (Lipinski definition) is 3. The van der Waals surface area contributed by atoms with Crippen LogP contribution in [0.25, 0.3) is 0 Å². The zero-order valence-electron chi connectivity index (χ0n) is 10.7. The van der Waals surface area contributed by atoms with Gasteiger partial charge in [-0.2, -0.15) is 11.8 Å². The quantitative estimate of drug-likeness (QED) is 0.905. The first-order valence-corrected chi connectivity index (χ1v) is 7.47. The number of carbonyl (C=O) groups is 1. The highest BCUT2D eigenvalue weighted by Crippen LogP contribution is 2.28. The van der Waals surface area contributed by atoms with Crippen molar-refractivity contribution in [2.45, 2.75) is 24.6 Å². The van der Waals surface area contributed by atoms with Crippen LogP contribution in [0.5, 0.6) is 0 Å². The lowest BCUT2D eigenvalue weighted by molar-refractivity contribution is -0.123. The van der Waals surface area contributed by atoms with Gasteiger partial charge in [0.1, 0.15) is 6.04 Å². The molecule has 0 saturated carbocycles.